The molecule has 0 aromatic rings. The van der Waals surface area contributed by atoms with Crippen molar-refractivity contribution >= 4 is 0 Å². The molecule has 0 bridgehead atoms. The normalized spacial score (nSPS) is 23.5. The van der Waals surface area contributed by atoms with Gasteiger partial charge in [0.15, 0.2) is 0 Å². The van der Waals surface area contributed by atoms with Crippen LogP contribution in [-0.2, 0) is 0 Å². The minimum atomic E-state index is 1.01. The number of unbranched alkanes of at least 4 members (excludes halogenated alkanes) is 2. The lowest BCUT2D eigenvalue weighted by molar-refractivity contribution is 0.247. The van der Waals surface area contributed by atoms with Gasteiger partial charge in [0.2, 0.25) is 0 Å². The molecule has 0 amide bonds. The molecule has 2 fully saturated rings. The van der Waals surface area contributed by atoms with Gasteiger partial charge in [0, 0.05) is 12.1 Å². The van der Waals surface area contributed by atoms with Crippen LogP contribution in [0.4, 0.5) is 0 Å². The lowest BCUT2D eigenvalue weighted by Gasteiger charge is -2.20. The van der Waals surface area contributed by atoms with E-state index in [1.54, 1.807) is 0 Å². The van der Waals surface area contributed by atoms with Crippen LogP contribution in [0.15, 0.2) is 0 Å². The molecular weight excluding hydrogens is 146 g/mol. The first-order valence-electron chi connectivity index (χ1n) is 5.67. The molecule has 0 unspecified atom stereocenters. The van der Waals surface area contributed by atoms with Crippen LogP contribution >= 0.6 is 0 Å². The van der Waals surface area contributed by atoms with E-state index in [9.17, 15) is 0 Å². The van der Waals surface area contributed by atoms with Crippen LogP contribution in [0.25, 0.3) is 0 Å². The topological polar surface area (TPSA) is 3.24 Å². The maximum atomic E-state index is 2.79. The molecule has 0 N–H and O–H groups in total. The lowest BCUT2D eigenvalue weighted by atomic mass is 10.2. The summed E-state index contributed by atoms with van der Waals surface area (Å²) >= 11 is 0. The Kier molecular flexibility index (Phi) is 2.69. The molecule has 0 aromatic heterocycles. The van der Waals surface area contributed by atoms with E-state index in [1.165, 1.54) is 51.5 Å². The van der Waals surface area contributed by atoms with E-state index in [2.05, 4.69) is 11.8 Å². The summed E-state index contributed by atoms with van der Waals surface area (Å²) < 4.78 is 0. The fourth-order valence-corrected chi connectivity index (χ4v) is 2.02. The minimum absolute atomic E-state index is 1.01. The lowest BCUT2D eigenvalue weighted by Crippen LogP contribution is -2.29. The third-order valence-corrected chi connectivity index (χ3v) is 3.05. The smallest absolute Gasteiger partial charge is 0.00993 e. The van der Waals surface area contributed by atoms with Crippen molar-refractivity contribution in [2.75, 3.05) is 6.54 Å². The van der Waals surface area contributed by atoms with E-state index in [0.717, 1.165) is 12.1 Å². The molecule has 2 saturated carbocycles. The Balaban J connectivity index is 1.66. The predicted molar refractivity (Wildman–Crippen MR) is 52.3 cm³/mol. The Hall–Kier alpha value is -0.0400. The quantitative estimate of drug-likeness (QED) is 0.550. The number of hydrogen-bond donors (Lipinski definition) is 0. The molecule has 0 radical (unpaired) electrons. The first-order valence-corrected chi connectivity index (χ1v) is 5.67. The zero-order valence-electron chi connectivity index (χ0n) is 8.26. The first kappa shape index (κ1) is 8.55. The fourth-order valence-electron chi connectivity index (χ4n) is 2.02. The number of hydrogen-bond acceptors (Lipinski definition) is 1. The second-order valence-corrected chi connectivity index (χ2v) is 4.41. The molecule has 2 aliphatic rings. The highest BCUT2D eigenvalue weighted by atomic mass is 15.2. The van der Waals surface area contributed by atoms with Gasteiger partial charge in [0.25, 0.3) is 0 Å². The highest BCUT2D eigenvalue weighted by molar-refractivity contribution is 4.94. The van der Waals surface area contributed by atoms with Crippen LogP contribution in [0.3, 0.4) is 0 Å². The maximum absolute atomic E-state index is 2.79. The number of nitrogens with zero attached hydrogens (tertiary/aromatic N) is 1. The Morgan fingerprint density at radius 1 is 1.00 bits per heavy atom. The summed E-state index contributed by atoms with van der Waals surface area (Å²) in [6.07, 6.45) is 10.2. The van der Waals surface area contributed by atoms with Gasteiger partial charge in [0.1, 0.15) is 0 Å². The molecule has 2 aliphatic carbocycles. The molecule has 1 nitrogen and oxygen atoms in total. The molecule has 70 valence electrons. The Morgan fingerprint density at radius 2 is 1.58 bits per heavy atom. The van der Waals surface area contributed by atoms with Gasteiger partial charge in [-0.25, -0.2) is 0 Å². The molecule has 12 heavy (non-hydrogen) atoms. The van der Waals surface area contributed by atoms with Crippen LogP contribution < -0.4 is 0 Å². The molecule has 0 atom stereocenters. The summed E-state index contributed by atoms with van der Waals surface area (Å²) in [7, 11) is 0. The Bertz CT molecular complexity index is 124. The molecule has 1 heteroatoms. The molecular formula is C11H21N. The molecule has 0 aromatic carbocycles. The largest absolute Gasteiger partial charge is 0.297 e. The van der Waals surface area contributed by atoms with Crippen molar-refractivity contribution in [3.05, 3.63) is 0 Å². The summed E-state index contributed by atoms with van der Waals surface area (Å²) in [4.78, 5) is 2.79. The molecule has 0 spiro atoms. The molecule has 0 heterocycles. The van der Waals surface area contributed by atoms with Crippen molar-refractivity contribution in [2.24, 2.45) is 0 Å². The van der Waals surface area contributed by atoms with Crippen LogP contribution in [0, 0.1) is 0 Å². The molecule has 0 aliphatic heterocycles. The summed E-state index contributed by atoms with van der Waals surface area (Å²) in [5.41, 5.74) is 0. The van der Waals surface area contributed by atoms with Gasteiger partial charge in [-0.3, -0.25) is 4.90 Å². The van der Waals surface area contributed by atoms with E-state index in [0.29, 0.717) is 0 Å². The third-order valence-electron chi connectivity index (χ3n) is 3.05. The average molecular weight is 167 g/mol. The first-order chi connectivity index (χ1) is 5.92. The van der Waals surface area contributed by atoms with Crippen molar-refractivity contribution in [3.8, 4) is 0 Å². The highest BCUT2D eigenvalue weighted by Crippen LogP contribution is 2.37. The predicted octanol–water partition coefficient (Wildman–Crippen LogP) is 2.80. The fraction of sp³-hybridized carbons (Fsp3) is 1.00. The van der Waals surface area contributed by atoms with Gasteiger partial charge in [-0.2, -0.15) is 0 Å². The second-order valence-electron chi connectivity index (χ2n) is 4.41. The molecule has 2 rings (SSSR count). The van der Waals surface area contributed by atoms with E-state index < -0.39 is 0 Å². The third kappa shape index (κ3) is 2.22. The Labute approximate surface area is 76.1 Å². The Morgan fingerprint density at radius 3 is 2.00 bits per heavy atom. The summed E-state index contributed by atoms with van der Waals surface area (Å²) in [5, 5.41) is 0. The van der Waals surface area contributed by atoms with Crippen LogP contribution in [0.5, 0.6) is 0 Å². The SMILES string of the molecule is CCCCCN(C1CC1)C1CC1. The highest BCUT2D eigenvalue weighted by Gasteiger charge is 2.38. The van der Waals surface area contributed by atoms with E-state index in [1.807, 2.05) is 0 Å². The van der Waals surface area contributed by atoms with Gasteiger partial charge in [-0.05, 0) is 38.6 Å². The molecule has 0 saturated heterocycles. The van der Waals surface area contributed by atoms with Gasteiger partial charge in [-0.1, -0.05) is 19.8 Å². The standard InChI is InChI=1S/C11H21N/c1-2-3-4-9-12(10-5-6-10)11-7-8-11/h10-11H,2-9H2,1H3. The summed E-state index contributed by atoms with van der Waals surface area (Å²) in [6.45, 7) is 3.68. The monoisotopic (exact) mass is 167 g/mol. The van der Waals surface area contributed by atoms with Crippen LogP contribution in [0.2, 0.25) is 0 Å². The van der Waals surface area contributed by atoms with Crippen molar-refractivity contribution in [2.45, 2.75) is 64.0 Å². The van der Waals surface area contributed by atoms with Gasteiger partial charge < -0.3 is 0 Å². The second kappa shape index (κ2) is 3.78. The van der Waals surface area contributed by atoms with Crippen molar-refractivity contribution in [1.82, 2.24) is 4.90 Å². The number of rotatable bonds is 6. The zero-order chi connectivity index (χ0) is 8.39. The minimum Gasteiger partial charge on any atom is -0.297 e. The van der Waals surface area contributed by atoms with Gasteiger partial charge in [-0.15, -0.1) is 0 Å². The van der Waals surface area contributed by atoms with E-state index >= 15 is 0 Å². The van der Waals surface area contributed by atoms with Crippen LogP contribution in [0.1, 0.15) is 51.9 Å². The van der Waals surface area contributed by atoms with Crippen molar-refractivity contribution in [1.29, 1.82) is 0 Å². The average Bonchev–Trinajstić information content (AvgIpc) is 2.87. The van der Waals surface area contributed by atoms with Crippen molar-refractivity contribution in [3.63, 3.8) is 0 Å². The summed E-state index contributed by atoms with van der Waals surface area (Å²) in [6, 6.07) is 2.02. The van der Waals surface area contributed by atoms with Gasteiger partial charge in [0.05, 0.1) is 0 Å². The maximum Gasteiger partial charge on any atom is 0.00993 e. The van der Waals surface area contributed by atoms with E-state index in [4.69, 9.17) is 0 Å². The van der Waals surface area contributed by atoms with E-state index in [-0.39, 0.29) is 0 Å². The summed E-state index contributed by atoms with van der Waals surface area (Å²) in [5.74, 6) is 0. The van der Waals surface area contributed by atoms with Crippen LogP contribution in [-0.4, -0.2) is 23.5 Å². The van der Waals surface area contributed by atoms with Gasteiger partial charge >= 0.3 is 0 Å². The zero-order valence-corrected chi connectivity index (χ0v) is 8.26. The van der Waals surface area contributed by atoms with Crippen molar-refractivity contribution < 1.29 is 0 Å².